The lowest BCUT2D eigenvalue weighted by Gasteiger charge is -2.49. The Morgan fingerprint density at radius 3 is 2.77 bits per heavy atom. The van der Waals surface area contributed by atoms with Crippen LogP contribution in [0.2, 0.25) is 10.6 Å². The molecule has 2 aliphatic heterocycles. The normalized spacial score (nSPS) is 23.6. The number of hydrogen-bond acceptors (Lipinski definition) is 4. The van der Waals surface area contributed by atoms with Crippen LogP contribution in [-0.4, -0.2) is 49.3 Å². The zero-order chi connectivity index (χ0) is 21.8. The molecule has 3 aromatic rings. The van der Waals surface area contributed by atoms with E-state index in [1.807, 2.05) is 17.5 Å². The zero-order valence-corrected chi connectivity index (χ0v) is 19.8. The van der Waals surface area contributed by atoms with E-state index in [9.17, 15) is 4.39 Å². The predicted molar refractivity (Wildman–Crippen MR) is 123 cm³/mol. The minimum absolute atomic E-state index is 0.106. The molecule has 2 atom stereocenters. The van der Waals surface area contributed by atoms with Gasteiger partial charge in [0, 0.05) is 24.4 Å². The van der Waals surface area contributed by atoms with Crippen molar-refractivity contribution < 1.29 is 9.13 Å². The number of aromatic nitrogens is 3. The van der Waals surface area contributed by atoms with Gasteiger partial charge in [-0.1, -0.05) is 24.6 Å². The Bertz CT molecular complexity index is 1130. The lowest BCUT2D eigenvalue weighted by Crippen LogP contribution is -2.50. The maximum atomic E-state index is 14.8. The number of piperidine rings is 1. The Morgan fingerprint density at radius 2 is 2.03 bits per heavy atom. The minimum atomic E-state index is -0.432. The van der Waals surface area contributed by atoms with Gasteiger partial charge in [-0.2, -0.15) is 0 Å². The first-order valence-corrected chi connectivity index (χ1v) is 12.3. The molecule has 2 saturated heterocycles. The maximum absolute atomic E-state index is 14.8. The number of halogens is 2. The standard InChI is InChI=1S/C23H26ClFN4OSi/c1-14-21(17-5-4-6-18(24)20(17)25)29-13-26-11-19(29)22(27-14)28-9-7-23(8-10-28)12-30-16(3)31-15(23)2/h4-6,11,13,15-16H,7-10,12H2,1-3H3/t15-,16+/m0/s1. The first-order valence-electron chi connectivity index (χ1n) is 10.8. The minimum Gasteiger partial charge on any atom is -0.382 e. The summed E-state index contributed by atoms with van der Waals surface area (Å²) in [6.07, 6.45) is 5.74. The maximum Gasteiger partial charge on any atom is 0.154 e. The van der Waals surface area contributed by atoms with Gasteiger partial charge in [-0.05, 0) is 49.8 Å². The Hall–Kier alpha value is -1.96. The van der Waals surface area contributed by atoms with E-state index in [2.05, 4.69) is 23.7 Å². The summed E-state index contributed by atoms with van der Waals surface area (Å²) in [5.41, 5.74) is 4.12. The SMILES string of the molecule is Cc1nc(N2CCC3(CC2)CO[C@@H](C)[Si][C@H]3C)c2cncn2c1-c1cccc(Cl)c1F. The highest BCUT2D eigenvalue weighted by Crippen LogP contribution is 2.46. The van der Waals surface area contributed by atoms with Crippen molar-refractivity contribution in [3.05, 3.63) is 47.3 Å². The average molecular weight is 457 g/mol. The van der Waals surface area contributed by atoms with E-state index in [0.717, 1.165) is 59.1 Å². The van der Waals surface area contributed by atoms with Gasteiger partial charge in [0.15, 0.2) is 11.6 Å². The Kier molecular flexibility index (Phi) is 5.31. The van der Waals surface area contributed by atoms with E-state index in [1.54, 1.807) is 24.5 Å². The molecule has 0 aliphatic carbocycles. The zero-order valence-electron chi connectivity index (χ0n) is 18.0. The lowest BCUT2D eigenvalue weighted by molar-refractivity contribution is -0.00561. The fourth-order valence-corrected chi connectivity index (χ4v) is 6.84. The molecule has 4 heterocycles. The van der Waals surface area contributed by atoms with Gasteiger partial charge in [0.25, 0.3) is 0 Å². The summed E-state index contributed by atoms with van der Waals surface area (Å²) in [4.78, 5) is 11.6. The van der Waals surface area contributed by atoms with Crippen LogP contribution < -0.4 is 4.90 Å². The van der Waals surface area contributed by atoms with Crippen LogP contribution in [0.1, 0.15) is 32.4 Å². The molecule has 162 valence electrons. The van der Waals surface area contributed by atoms with E-state index in [0.29, 0.717) is 22.5 Å². The number of imidazole rings is 1. The number of nitrogens with zero attached hydrogens (tertiary/aromatic N) is 4. The number of hydrogen-bond donors (Lipinski definition) is 0. The Labute approximate surface area is 189 Å². The summed E-state index contributed by atoms with van der Waals surface area (Å²) in [5.74, 6) is 0.481. The third-order valence-corrected chi connectivity index (χ3v) is 9.05. The molecule has 0 bridgehead atoms. The highest BCUT2D eigenvalue weighted by Gasteiger charge is 2.44. The largest absolute Gasteiger partial charge is 0.382 e. The molecule has 0 unspecified atom stereocenters. The second kappa shape index (κ2) is 7.87. The van der Waals surface area contributed by atoms with Gasteiger partial charge in [-0.25, -0.2) is 14.4 Å². The van der Waals surface area contributed by atoms with Gasteiger partial charge in [0.2, 0.25) is 0 Å². The van der Waals surface area contributed by atoms with Gasteiger partial charge in [0.1, 0.15) is 5.52 Å². The molecule has 0 N–H and O–H groups in total. The second-order valence-corrected chi connectivity index (χ2v) is 11.2. The average Bonchev–Trinajstić information content (AvgIpc) is 3.23. The number of rotatable bonds is 2. The van der Waals surface area contributed by atoms with Crippen LogP contribution in [-0.2, 0) is 4.74 Å². The number of fused-ring (bicyclic) bond motifs is 1. The number of aryl methyl sites for hydroxylation is 1. The quantitative estimate of drug-likeness (QED) is 0.510. The fraction of sp³-hybridized carbons (Fsp3) is 0.478. The van der Waals surface area contributed by atoms with Crippen molar-refractivity contribution in [2.24, 2.45) is 5.41 Å². The Morgan fingerprint density at radius 1 is 1.26 bits per heavy atom. The van der Waals surface area contributed by atoms with Crippen molar-refractivity contribution in [3.63, 3.8) is 0 Å². The van der Waals surface area contributed by atoms with Crippen LogP contribution in [0.25, 0.3) is 16.8 Å². The molecule has 8 heteroatoms. The summed E-state index contributed by atoms with van der Waals surface area (Å²) in [7, 11) is 0.860. The summed E-state index contributed by atoms with van der Waals surface area (Å²) in [6, 6.07) is 5.06. The van der Waals surface area contributed by atoms with Gasteiger partial charge in [0.05, 0.1) is 45.1 Å². The van der Waals surface area contributed by atoms with Crippen molar-refractivity contribution in [1.29, 1.82) is 0 Å². The van der Waals surface area contributed by atoms with Crippen molar-refractivity contribution in [2.75, 3.05) is 24.6 Å². The molecule has 1 aromatic carbocycles. The van der Waals surface area contributed by atoms with Crippen LogP contribution in [0.4, 0.5) is 10.2 Å². The smallest absolute Gasteiger partial charge is 0.154 e. The van der Waals surface area contributed by atoms with E-state index < -0.39 is 5.82 Å². The summed E-state index contributed by atoms with van der Waals surface area (Å²) in [5, 5.41) is 0.106. The first kappa shape index (κ1) is 20.9. The highest BCUT2D eigenvalue weighted by atomic mass is 35.5. The van der Waals surface area contributed by atoms with Gasteiger partial charge in [-0.3, -0.25) is 4.40 Å². The molecular weight excluding hydrogens is 431 g/mol. The van der Waals surface area contributed by atoms with Crippen LogP contribution in [0.3, 0.4) is 0 Å². The van der Waals surface area contributed by atoms with Crippen LogP contribution >= 0.6 is 11.6 Å². The molecule has 1 spiro atoms. The van der Waals surface area contributed by atoms with Crippen molar-refractivity contribution >= 4 is 32.5 Å². The highest BCUT2D eigenvalue weighted by molar-refractivity contribution is 6.39. The molecule has 5 rings (SSSR count). The van der Waals surface area contributed by atoms with Crippen LogP contribution in [0.15, 0.2) is 30.7 Å². The summed E-state index contributed by atoms with van der Waals surface area (Å²) >= 11 is 6.05. The number of ether oxygens (including phenoxy) is 1. The monoisotopic (exact) mass is 456 g/mol. The third kappa shape index (κ3) is 3.47. The van der Waals surface area contributed by atoms with Crippen molar-refractivity contribution in [3.8, 4) is 11.3 Å². The molecule has 2 radical (unpaired) electrons. The summed E-state index contributed by atoms with van der Waals surface area (Å²) < 4.78 is 22.8. The third-order valence-electron chi connectivity index (χ3n) is 7.01. The summed E-state index contributed by atoms with van der Waals surface area (Å²) in [6.45, 7) is 9.22. The van der Waals surface area contributed by atoms with Crippen LogP contribution in [0.5, 0.6) is 0 Å². The predicted octanol–water partition coefficient (Wildman–Crippen LogP) is 4.97. The van der Waals surface area contributed by atoms with Crippen molar-refractivity contribution in [2.45, 2.75) is 44.9 Å². The van der Waals surface area contributed by atoms with E-state index in [1.165, 1.54) is 0 Å². The molecule has 2 fully saturated rings. The Balaban J connectivity index is 1.49. The molecule has 2 aliphatic rings. The van der Waals surface area contributed by atoms with Crippen LogP contribution in [0, 0.1) is 18.2 Å². The molecule has 2 aromatic heterocycles. The van der Waals surface area contributed by atoms with Gasteiger partial charge in [-0.15, -0.1) is 0 Å². The lowest BCUT2D eigenvalue weighted by atomic mass is 9.76. The van der Waals surface area contributed by atoms with E-state index >= 15 is 0 Å². The number of anilines is 1. The topological polar surface area (TPSA) is 42.7 Å². The van der Waals surface area contributed by atoms with Gasteiger partial charge >= 0.3 is 0 Å². The van der Waals surface area contributed by atoms with E-state index in [-0.39, 0.29) is 10.4 Å². The van der Waals surface area contributed by atoms with Gasteiger partial charge < -0.3 is 9.64 Å². The first-order chi connectivity index (χ1) is 14.9. The molecular formula is C23H26ClFN4OSi. The molecule has 5 nitrogen and oxygen atoms in total. The number of benzene rings is 1. The molecule has 31 heavy (non-hydrogen) atoms. The van der Waals surface area contributed by atoms with Crippen molar-refractivity contribution in [1.82, 2.24) is 14.4 Å². The second-order valence-electron chi connectivity index (χ2n) is 8.81. The fourth-order valence-electron chi connectivity index (χ4n) is 5.06. The molecule has 0 saturated carbocycles. The van der Waals surface area contributed by atoms with E-state index in [4.69, 9.17) is 21.3 Å². The molecule has 0 amide bonds.